The molecule has 2 aliphatic rings. The summed E-state index contributed by atoms with van der Waals surface area (Å²) in [5.74, 6) is 0.345. The Labute approximate surface area is 106 Å². The van der Waals surface area contributed by atoms with Gasteiger partial charge in [-0.3, -0.25) is 4.79 Å². The van der Waals surface area contributed by atoms with Crippen LogP contribution in [0.5, 0.6) is 0 Å². The van der Waals surface area contributed by atoms with Crippen LogP contribution in [0.3, 0.4) is 0 Å². The third kappa shape index (κ3) is 2.61. The maximum absolute atomic E-state index is 12.3. The highest BCUT2D eigenvalue weighted by Gasteiger charge is 2.68. The van der Waals surface area contributed by atoms with E-state index >= 15 is 0 Å². The minimum Gasteiger partial charge on any atom is -0.597 e. The first kappa shape index (κ1) is 13.2. The highest BCUT2D eigenvalue weighted by Crippen LogP contribution is 2.50. The highest BCUT2D eigenvalue weighted by atomic mass is 32.2. The SMILES string of the molecule is CCOC(=O)[C@H]1[C@@H](C2CC2)N1[S@+]([O-])C(C)(C)C. The van der Waals surface area contributed by atoms with E-state index < -0.39 is 11.4 Å². The number of ether oxygens (including phenoxy) is 1. The van der Waals surface area contributed by atoms with E-state index in [9.17, 15) is 9.35 Å². The van der Waals surface area contributed by atoms with E-state index in [4.69, 9.17) is 4.74 Å². The predicted octanol–water partition coefficient (Wildman–Crippen LogP) is 1.47. The van der Waals surface area contributed by atoms with Crippen molar-refractivity contribution in [2.45, 2.75) is 57.4 Å². The summed E-state index contributed by atoms with van der Waals surface area (Å²) in [6.07, 6.45) is 2.30. The van der Waals surface area contributed by atoms with Crippen LogP contribution in [0.2, 0.25) is 0 Å². The summed E-state index contributed by atoms with van der Waals surface area (Å²) in [4.78, 5) is 11.8. The number of carbonyl (C=O) groups excluding carboxylic acids is 1. The van der Waals surface area contributed by atoms with Crippen LogP contribution in [0.25, 0.3) is 0 Å². The van der Waals surface area contributed by atoms with Gasteiger partial charge in [0.05, 0.1) is 12.6 Å². The van der Waals surface area contributed by atoms with Gasteiger partial charge in [-0.15, -0.1) is 4.31 Å². The van der Waals surface area contributed by atoms with Gasteiger partial charge in [0.15, 0.2) is 6.04 Å². The van der Waals surface area contributed by atoms with E-state index in [0.717, 1.165) is 12.8 Å². The monoisotopic (exact) mass is 259 g/mol. The third-order valence-corrected chi connectivity index (χ3v) is 5.05. The molecular weight excluding hydrogens is 238 g/mol. The van der Waals surface area contributed by atoms with Gasteiger partial charge in [0.25, 0.3) is 0 Å². The van der Waals surface area contributed by atoms with E-state index in [2.05, 4.69) is 0 Å². The molecule has 0 aromatic heterocycles. The van der Waals surface area contributed by atoms with E-state index in [1.54, 1.807) is 6.92 Å². The smallest absolute Gasteiger partial charge is 0.329 e. The van der Waals surface area contributed by atoms with Gasteiger partial charge in [0, 0.05) is 11.4 Å². The summed E-state index contributed by atoms with van der Waals surface area (Å²) in [5.41, 5.74) is 0. The van der Waals surface area contributed by atoms with Gasteiger partial charge in [-0.05, 0) is 46.5 Å². The van der Waals surface area contributed by atoms with Crippen molar-refractivity contribution < 1.29 is 14.1 Å². The average molecular weight is 259 g/mol. The second-order valence-electron chi connectivity index (χ2n) is 5.75. The molecule has 0 N–H and O–H groups in total. The van der Waals surface area contributed by atoms with Crippen molar-refractivity contribution in [2.75, 3.05) is 6.61 Å². The summed E-state index contributed by atoms with van der Waals surface area (Å²) >= 11 is -1.11. The summed E-state index contributed by atoms with van der Waals surface area (Å²) in [6.45, 7) is 8.01. The average Bonchev–Trinajstić information content (AvgIpc) is 3.08. The van der Waals surface area contributed by atoms with Crippen molar-refractivity contribution in [1.82, 2.24) is 4.31 Å². The number of esters is 1. The molecule has 4 nitrogen and oxygen atoms in total. The van der Waals surface area contributed by atoms with Gasteiger partial charge in [-0.1, -0.05) is 0 Å². The van der Waals surface area contributed by atoms with Crippen LogP contribution >= 0.6 is 0 Å². The van der Waals surface area contributed by atoms with Crippen LogP contribution in [0.4, 0.5) is 0 Å². The van der Waals surface area contributed by atoms with Gasteiger partial charge in [-0.25, -0.2) is 0 Å². The fraction of sp³-hybridized carbons (Fsp3) is 0.917. The summed E-state index contributed by atoms with van der Waals surface area (Å²) in [5, 5.41) is 0. The molecular formula is C12H21NO3S. The molecule has 4 atom stereocenters. The lowest BCUT2D eigenvalue weighted by Crippen LogP contribution is -2.36. The highest BCUT2D eigenvalue weighted by molar-refractivity contribution is 7.90. The standard InChI is InChI=1S/C12H21NO3S/c1-5-16-11(14)10-9(8-6-7-8)13(10)17(15)12(2,3)4/h8-10H,5-7H2,1-4H3/t9-,10-,13?,17-/m1/s1. The summed E-state index contributed by atoms with van der Waals surface area (Å²) in [6, 6.07) is -0.100. The Bertz CT molecular complexity index is 311. The minimum atomic E-state index is -1.11. The molecule has 98 valence electrons. The zero-order chi connectivity index (χ0) is 12.8. The molecule has 0 spiro atoms. The van der Waals surface area contributed by atoms with E-state index in [-0.39, 0.29) is 22.8 Å². The molecule has 2 rings (SSSR count). The maximum atomic E-state index is 12.3. The van der Waals surface area contributed by atoms with Gasteiger partial charge < -0.3 is 9.29 Å². The normalized spacial score (nSPS) is 34.3. The molecule has 5 heteroatoms. The molecule has 0 aromatic carbocycles. The summed E-state index contributed by atoms with van der Waals surface area (Å²) < 4.78 is 18.9. The second-order valence-corrected chi connectivity index (χ2v) is 7.89. The first-order valence-electron chi connectivity index (χ1n) is 6.25. The van der Waals surface area contributed by atoms with Crippen molar-refractivity contribution >= 4 is 17.3 Å². The largest absolute Gasteiger partial charge is 0.597 e. The number of hydrogen-bond acceptors (Lipinski definition) is 4. The van der Waals surface area contributed by atoms with Crippen LogP contribution in [0, 0.1) is 5.92 Å². The minimum absolute atomic E-state index is 0.161. The zero-order valence-electron chi connectivity index (χ0n) is 10.9. The van der Waals surface area contributed by atoms with Crippen LogP contribution in [0.15, 0.2) is 0 Å². The first-order chi connectivity index (χ1) is 7.88. The Morgan fingerprint density at radius 3 is 2.47 bits per heavy atom. The van der Waals surface area contributed by atoms with Crippen LogP contribution < -0.4 is 0 Å². The third-order valence-electron chi connectivity index (χ3n) is 3.15. The fourth-order valence-corrected chi connectivity index (χ4v) is 3.64. The van der Waals surface area contributed by atoms with Crippen molar-refractivity contribution in [3.05, 3.63) is 0 Å². The molecule has 0 amide bonds. The number of nitrogens with zero attached hydrogens (tertiary/aromatic N) is 1. The van der Waals surface area contributed by atoms with Gasteiger partial charge in [-0.2, -0.15) is 0 Å². The molecule has 2 fully saturated rings. The van der Waals surface area contributed by atoms with Crippen LogP contribution in [-0.2, 0) is 20.9 Å². The van der Waals surface area contributed by atoms with Gasteiger partial charge >= 0.3 is 5.97 Å². The second kappa shape index (κ2) is 4.44. The Morgan fingerprint density at radius 2 is 2.06 bits per heavy atom. The quantitative estimate of drug-likeness (QED) is 0.436. The van der Waals surface area contributed by atoms with Crippen LogP contribution in [-0.4, -0.2) is 38.3 Å². The van der Waals surface area contributed by atoms with E-state index in [1.165, 1.54) is 0 Å². The predicted molar refractivity (Wildman–Crippen MR) is 66.7 cm³/mol. The molecule has 1 aliphatic heterocycles. The molecule has 0 radical (unpaired) electrons. The Morgan fingerprint density at radius 1 is 1.47 bits per heavy atom. The maximum Gasteiger partial charge on any atom is 0.329 e. The summed E-state index contributed by atoms with van der Waals surface area (Å²) in [7, 11) is 0. The molecule has 1 aliphatic carbocycles. The number of rotatable bonds is 4. The fourth-order valence-electron chi connectivity index (χ4n) is 2.13. The topological polar surface area (TPSA) is 52.4 Å². The Kier molecular flexibility index (Phi) is 3.45. The zero-order valence-corrected chi connectivity index (χ0v) is 11.8. The lowest BCUT2D eigenvalue weighted by molar-refractivity contribution is -0.143. The molecule has 1 saturated heterocycles. The lowest BCUT2D eigenvalue weighted by atomic mass is 10.2. The molecule has 0 aromatic rings. The number of carbonyl (C=O) groups is 1. The molecule has 1 heterocycles. The van der Waals surface area contributed by atoms with Crippen molar-refractivity contribution in [2.24, 2.45) is 5.92 Å². The van der Waals surface area contributed by atoms with Crippen molar-refractivity contribution in [3.8, 4) is 0 Å². The Hall–Kier alpha value is -0.260. The first-order valence-corrected chi connectivity index (χ1v) is 7.35. The van der Waals surface area contributed by atoms with Gasteiger partial charge in [0.1, 0.15) is 4.75 Å². The van der Waals surface area contributed by atoms with Gasteiger partial charge in [0.2, 0.25) is 0 Å². The molecule has 17 heavy (non-hydrogen) atoms. The van der Waals surface area contributed by atoms with Crippen LogP contribution in [0.1, 0.15) is 40.5 Å². The lowest BCUT2D eigenvalue weighted by Gasteiger charge is -2.24. The van der Waals surface area contributed by atoms with E-state index in [1.807, 2.05) is 25.1 Å². The molecule has 0 bridgehead atoms. The van der Waals surface area contributed by atoms with Crippen molar-refractivity contribution in [3.63, 3.8) is 0 Å². The van der Waals surface area contributed by atoms with E-state index in [0.29, 0.717) is 12.5 Å². The molecule has 1 saturated carbocycles. The Balaban J connectivity index is 2.03. The van der Waals surface area contributed by atoms with Crippen molar-refractivity contribution in [1.29, 1.82) is 0 Å². The molecule has 1 unspecified atom stereocenters. The number of hydrogen-bond donors (Lipinski definition) is 0.